The van der Waals surface area contributed by atoms with Gasteiger partial charge >= 0.3 is 5.97 Å². The number of tetrazole rings is 1. The van der Waals surface area contributed by atoms with Gasteiger partial charge < -0.3 is 10.5 Å². The monoisotopic (exact) mass is 518 g/mol. The molecule has 1 atom stereocenters. The summed E-state index contributed by atoms with van der Waals surface area (Å²) in [5.41, 5.74) is 6.85. The average molecular weight is 519 g/mol. The van der Waals surface area contributed by atoms with Gasteiger partial charge in [-0.3, -0.25) is 4.79 Å². The van der Waals surface area contributed by atoms with Gasteiger partial charge in [-0.1, -0.05) is 36.4 Å². The zero-order valence-electron chi connectivity index (χ0n) is 19.7. The first-order valence-electron chi connectivity index (χ1n) is 11.3. The number of hydrogen-bond donors (Lipinski definition) is 1. The van der Waals surface area contributed by atoms with Gasteiger partial charge in [-0.15, -0.1) is 10.2 Å². The van der Waals surface area contributed by atoms with E-state index in [0.29, 0.717) is 17.5 Å². The van der Waals surface area contributed by atoms with E-state index in [4.69, 9.17) is 10.5 Å². The van der Waals surface area contributed by atoms with E-state index in [1.165, 1.54) is 29.2 Å². The van der Waals surface area contributed by atoms with Crippen molar-refractivity contribution in [1.82, 2.24) is 25.2 Å². The third-order valence-corrected chi connectivity index (χ3v) is 7.35. The molecule has 1 amide bonds. The van der Waals surface area contributed by atoms with E-state index in [9.17, 15) is 18.0 Å². The van der Waals surface area contributed by atoms with Crippen molar-refractivity contribution in [1.29, 1.82) is 0 Å². The highest BCUT2D eigenvalue weighted by Crippen LogP contribution is 2.40. The molecule has 0 aliphatic heterocycles. The van der Waals surface area contributed by atoms with Crippen LogP contribution in [0.3, 0.4) is 0 Å². The van der Waals surface area contributed by atoms with Gasteiger partial charge in [-0.25, -0.2) is 18.2 Å². The van der Waals surface area contributed by atoms with E-state index < -0.39 is 27.3 Å². The average Bonchev–Trinajstić information content (AvgIpc) is 3.50. The fourth-order valence-corrected chi connectivity index (χ4v) is 4.94. The van der Waals surface area contributed by atoms with Crippen molar-refractivity contribution >= 4 is 21.7 Å². The zero-order chi connectivity index (χ0) is 26.2. The van der Waals surface area contributed by atoms with Gasteiger partial charge in [-0.2, -0.15) is 4.80 Å². The minimum atomic E-state index is -3.29. The third kappa shape index (κ3) is 4.70. The molecule has 12 heteroatoms. The number of amides is 1. The molecule has 11 nitrogen and oxygen atoms in total. The Bertz CT molecular complexity index is 1620. The maximum Gasteiger partial charge on any atom is 0.358 e. The van der Waals surface area contributed by atoms with Crippen molar-refractivity contribution in [3.05, 3.63) is 89.2 Å². The van der Waals surface area contributed by atoms with E-state index in [1.807, 2.05) is 12.1 Å². The summed E-state index contributed by atoms with van der Waals surface area (Å²) in [5.74, 6) is -1.29. The summed E-state index contributed by atoms with van der Waals surface area (Å²) in [7, 11) is -3.29. The molecule has 0 saturated carbocycles. The molecule has 1 aliphatic rings. The molecule has 1 aliphatic carbocycles. The number of nitrogens with two attached hydrogens (primary N) is 1. The van der Waals surface area contributed by atoms with E-state index in [1.54, 1.807) is 30.3 Å². The summed E-state index contributed by atoms with van der Waals surface area (Å²) < 4.78 is 29.0. The second kappa shape index (κ2) is 9.21. The Balaban J connectivity index is 1.35. The number of esters is 1. The standard InChI is InChI=1S/C25H22N6O5S/c1-37(34,35)19-8-6-16(7-9-19)15-31-29-22(28-30-31)18-11-13-27-21(14-18)23(32)36-25(24(26)33)12-10-17-4-2-3-5-20(17)25/h2-9,11,13-14H,10,12,15H2,1H3,(H2,26,33). The fourth-order valence-electron chi connectivity index (χ4n) is 4.31. The number of carbonyl (C=O) groups excluding carboxylic acids is 2. The Morgan fingerprint density at radius 2 is 1.86 bits per heavy atom. The van der Waals surface area contributed by atoms with Crippen molar-refractivity contribution < 1.29 is 22.7 Å². The molecule has 2 aromatic heterocycles. The van der Waals surface area contributed by atoms with Crippen molar-refractivity contribution in [2.75, 3.05) is 6.26 Å². The van der Waals surface area contributed by atoms with Crippen molar-refractivity contribution in [2.24, 2.45) is 5.73 Å². The molecule has 2 heterocycles. The van der Waals surface area contributed by atoms with Crippen LogP contribution in [-0.4, -0.2) is 51.7 Å². The number of ether oxygens (including phenoxy) is 1. The van der Waals surface area contributed by atoms with Crippen molar-refractivity contribution in [3.63, 3.8) is 0 Å². The second-order valence-electron chi connectivity index (χ2n) is 8.73. The lowest BCUT2D eigenvalue weighted by Gasteiger charge is -2.26. The number of carbonyl (C=O) groups is 2. The largest absolute Gasteiger partial charge is 0.439 e. The maximum absolute atomic E-state index is 13.1. The van der Waals surface area contributed by atoms with Crippen LogP contribution in [0.2, 0.25) is 0 Å². The number of benzene rings is 2. The molecule has 1 unspecified atom stereocenters. The van der Waals surface area contributed by atoms with Crippen LogP contribution in [-0.2, 0) is 37.9 Å². The second-order valence-corrected chi connectivity index (χ2v) is 10.7. The smallest absolute Gasteiger partial charge is 0.358 e. The third-order valence-electron chi connectivity index (χ3n) is 6.22. The number of pyridine rings is 1. The van der Waals surface area contributed by atoms with Gasteiger partial charge in [0.1, 0.15) is 5.69 Å². The number of fused-ring (bicyclic) bond motifs is 1. The number of aromatic nitrogens is 5. The van der Waals surface area contributed by atoms with Gasteiger partial charge in [0.2, 0.25) is 11.4 Å². The predicted octanol–water partition coefficient (Wildman–Crippen LogP) is 1.67. The van der Waals surface area contributed by atoms with Crippen LogP contribution in [0, 0.1) is 0 Å². The number of rotatable bonds is 7. The lowest BCUT2D eigenvalue weighted by Crippen LogP contribution is -2.43. The Morgan fingerprint density at radius 3 is 2.59 bits per heavy atom. The molecule has 0 bridgehead atoms. The summed E-state index contributed by atoms with van der Waals surface area (Å²) in [6.45, 7) is 0.261. The molecule has 4 aromatic rings. The highest BCUT2D eigenvalue weighted by atomic mass is 32.2. The fraction of sp³-hybridized carbons (Fsp3) is 0.200. The molecule has 0 spiro atoms. The van der Waals surface area contributed by atoms with E-state index in [-0.39, 0.29) is 29.4 Å². The van der Waals surface area contributed by atoms with Crippen LogP contribution in [0.1, 0.15) is 33.6 Å². The number of aryl methyl sites for hydroxylation is 1. The highest BCUT2D eigenvalue weighted by Gasteiger charge is 2.48. The van der Waals surface area contributed by atoms with E-state index in [2.05, 4.69) is 20.4 Å². The first-order valence-corrected chi connectivity index (χ1v) is 13.2. The zero-order valence-corrected chi connectivity index (χ0v) is 20.6. The van der Waals surface area contributed by atoms with Crippen LogP contribution in [0.15, 0.2) is 71.8 Å². The number of nitrogens with zero attached hydrogens (tertiary/aromatic N) is 5. The molecular formula is C25H22N6O5S. The van der Waals surface area contributed by atoms with Crippen LogP contribution in [0.25, 0.3) is 11.4 Å². The van der Waals surface area contributed by atoms with E-state index in [0.717, 1.165) is 17.4 Å². The number of sulfone groups is 1. The van der Waals surface area contributed by atoms with Crippen LogP contribution in [0.4, 0.5) is 0 Å². The van der Waals surface area contributed by atoms with Crippen LogP contribution in [0.5, 0.6) is 0 Å². The van der Waals surface area contributed by atoms with E-state index >= 15 is 0 Å². The molecule has 5 rings (SSSR count). The molecule has 0 fully saturated rings. The highest BCUT2D eigenvalue weighted by molar-refractivity contribution is 7.90. The molecule has 2 N–H and O–H groups in total. The lowest BCUT2D eigenvalue weighted by atomic mass is 9.95. The normalized spacial score (nSPS) is 16.8. The number of hydrogen-bond acceptors (Lipinski definition) is 9. The Hall–Kier alpha value is -4.45. The maximum atomic E-state index is 13.1. The predicted molar refractivity (Wildman–Crippen MR) is 131 cm³/mol. The Labute approximate surface area is 212 Å². The summed E-state index contributed by atoms with van der Waals surface area (Å²) in [6, 6.07) is 16.7. The molecule has 188 valence electrons. The summed E-state index contributed by atoms with van der Waals surface area (Å²) in [6.07, 6.45) is 3.38. The summed E-state index contributed by atoms with van der Waals surface area (Å²) in [5, 5.41) is 12.4. The van der Waals surface area contributed by atoms with Crippen molar-refractivity contribution in [3.8, 4) is 11.4 Å². The van der Waals surface area contributed by atoms with Gasteiger partial charge in [0.25, 0.3) is 5.91 Å². The quantitative estimate of drug-likeness (QED) is 0.359. The molecule has 2 aromatic carbocycles. The van der Waals surface area contributed by atoms with Crippen LogP contribution >= 0.6 is 0 Å². The molecule has 37 heavy (non-hydrogen) atoms. The SMILES string of the molecule is CS(=O)(=O)c1ccc(Cn2nnc(-c3ccnc(C(=O)OC4(C(N)=O)CCc5ccccc54)c3)n2)cc1. The van der Waals surface area contributed by atoms with Crippen LogP contribution < -0.4 is 5.73 Å². The van der Waals surface area contributed by atoms with Gasteiger partial charge in [0.05, 0.1) is 11.4 Å². The Morgan fingerprint density at radius 1 is 1.11 bits per heavy atom. The van der Waals surface area contributed by atoms with Gasteiger partial charge in [-0.05, 0) is 47.0 Å². The Kier molecular flexibility index (Phi) is 6.04. The molecule has 0 saturated heterocycles. The minimum Gasteiger partial charge on any atom is -0.439 e. The van der Waals surface area contributed by atoms with Gasteiger partial charge in [0.15, 0.2) is 9.84 Å². The van der Waals surface area contributed by atoms with Gasteiger partial charge in [0, 0.05) is 30.0 Å². The minimum absolute atomic E-state index is 0.0322. The first-order chi connectivity index (χ1) is 17.7. The summed E-state index contributed by atoms with van der Waals surface area (Å²) >= 11 is 0. The molecular weight excluding hydrogens is 496 g/mol. The lowest BCUT2D eigenvalue weighted by molar-refractivity contribution is -0.138. The summed E-state index contributed by atoms with van der Waals surface area (Å²) in [4.78, 5) is 31.1. The van der Waals surface area contributed by atoms with Crippen molar-refractivity contribution in [2.45, 2.75) is 29.9 Å². The topological polar surface area (TPSA) is 160 Å². The first kappa shape index (κ1) is 24.3. The molecule has 0 radical (unpaired) electrons. The number of primary amides is 1.